The lowest BCUT2D eigenvalue weighted by atomic mass is 10.3. The Kier molecular flexibility index (Phi) is 8.23. The number of halogens is 1. The highest BCUT2D eigenvalue weighted by molar-refractivity contribution is 7.99. The molecule has 27 heavy (non-hydrogen) atoms. The Hall–Kier alpha value is -1.31. The Bertz CT molecular complexity index is 739. The van der Waals surface area contributed by atoms with Crippen LogP contribution >= 0.6 is 35.6 Å². The zero-order valence-corrected chi connectivity index (χ0v) is 17.5. The van der Waals surface area contributed by atoms with Crippen molar-refractivity contribution in [2.24, 2.45) is 0 Å². The Morgan fingerprint density at radius 3 is 2.70 bits per heavy atom. The molecule has 3 rings (SSSR count). The largest absolute Gasteiger partial charge is 0.379 e. The Balaban J connectivity index is 1.49. The van der Waals surface area contributed by atoms with Gasteiger partial charge < -0.3 is 15.4 Å². The molecule has 1 fully saturated rings. The lowest BCUT2D eigenvalue weighted by Gasteiger charge is -2.26. The van der Waals surface area contributed by atoms with Crippen LogP contribution in [-0.2, 0) is 4.74 Å². The molecule has 0 bridgehead atoms. The molecule has 2 aromatic rings. The monoisotopic (exact) mass is 421 g/mol. The molecular weight excluding hydrogens is 398 g/mol. The molecule has 0 spiro atoms. The van der Waals surface area contributed by atoms with E-state index in [-0.39, 0.29) is 0 Å². The quantitative estimate of drug-likeness (QED) is 0.506. The minimum absolute atomic E-state index is 0.620. The minimum atomic E-state index is 0.620. The molecule has 144 valence electrons. The lowest BCUT2D eigenvalue weighted by molar-refractivity contribution is 0.0376. The number of nitrogens with one attached hydrogen (secondary N) is 2. The fourth-order valence-corrected chi connectivity index (χ4v) is 4.09. The summed E-state index contributed by atoms with van der Waals surface area (Å²) >= 11 is 13.3. The molecule has 0 radical (unpaired) electrons. The molecule has 1 saturated heterocycles. The Morgan fingerprint density at radius 2 is 1.93 bits per heavy atom. The smallest absolute Gasteiger partial charge is 0.170 e. The summed E-state index contributed by atoms with van der Waals surface area (Å²) in [6, 6.07) is 16.1. The van der Waals surface area contributed by atoms with Crippen molar-refractivity contribution in [3.05, 3.63) is 53.6 Å². The summed E-state index contributed by atoms with van der Waals surface area (Å²) in [7, 11) is 0. The van der Waals surface area contributed by atoms with Gasteiger partial charge in [-0.05, 0) is 55.5 Å². The first-order valence-electron chi connectivity index (χ1n) is 9.08. The van der Waals surface area contributed by atoms with Crippen molar-refractivity contribution >= 4 is 46.4 Å². The van der Waals surface area contributed by atoms with Crippen LogP contribution in [0.2, 0.25) is 5.02 Å². The van der Waals surface area contributed by atoms with Crippen LogP contribution in [-0.4, -0.2) is 49.4 Å². The van der Waals surface area contributed by atoms with Crippen molar-refractivity contribution in [1.82, 2.24) is 10.2 Å². The van der Waals surface area contributed by atoms with Gasteiger partial charge in [-0.1, -0.05) is 41.6 Å². The molecule has 7 heteroatoms. The zero-order valence-electron chi connectivity index (χ0n) is 15.1. The average Bonchev–Trinajstić information content (AvgIpc) is 2.69. The maximum Gasteiger partial charge on any atom is 0.170 e. The van der Waals surface area contributed by atoms with E-state index in [0.717, 1.165) is 56.4 Å². The first kappa shape index (κ1) is 20.4. The maximum atomic E-state index is 6.19. The zero-order chi connectivity index (χ0) is 18.9. The van der Waals surface area contributed by atoms with Crippen LogP contribution in [0.4, 0.5) is 5.69 Å². The number of hydrogen-bond donors (Lipinski definition) is 2. The summed E-state index contributed by atoms with van der Waals surface area (Å²) < 4.78 is 5.37. The van der Waals surface area contributed by atoms with E-state index in [4.69, 9.17) is 28.6 Å². The molecule has 4 nitrogen and oxygen atoms in total. The van der Waals surface area contributed by atoms with Crippen molar-refractivity contribution in [2.75, 3.05) is 44.7 Å². The number of hydrogen-bond acceptors (Lipinski definition) is 4. The van der Waals surface area contributed by atoms with E-state index in [2.05, 4.69) is 27.7 Å². The molecule has 1 aliphatic heterocycles. The van der Waals surface area contributed by atoms with Gasteiger partial charge in [-0.25, -0.2) is 0 Å². The van der Waals surface area contributed by atoms with Crippen LogP contribution in [0.15, 0.2) is 58.3 Å². The molecule has 0 unspecified atom stereocenters. The highest BCUT2D eigenvalue weighted by Gasteiger charge is 2.10. The summed E-state index contributed by atoms with van der Waals surface area (Å²) in [5, 5.41) is 7.89. The number of benzene rings is 2. The van der Waals surface area contributed by atoms with E-state index in [1.165, 1.54) is 4.90 Å². The van der Waals surface area contributed by atoms with Gasteiger partial charge >= 0.3 is 0 Å². The first-order valence-corrected chi connectivity index (χ1v) is 10.7. The Labute approximate surface area is 175 Å². The van der Waals surface area contributed by atoms with Crippen molar-refractivity contribution in [2.45, 2.75) is 16.2 Å². The van der Waals surface area contributed by atoms with E-state index >= 15 is 0 Å². The van der Waals surface area contributed by atoms with Gasteiger partial charge in [0.1, 0.15) is 0 Å². The lowest BCUT2D eigenvalue weighted by Crippen LogP contribution is -2.38. The van der Waals surface area contributed by atoms with E-state index < -0.39 is 0 Å². The van der Waals surface area contributed by atoms with Crippen molar-refractivity contribution in [1.29, 1.82) is 0 Å². The fourth-order valence-electron chi connectivity index (χ4n) is 2.80. The average molecular weight is 422 g/mol. The van der Waals surface area contributed by atoms with Crippen molar-refractivity contribution < 1.29 is 4.74 Å². The number of rotatable bonds is 7. The van der Waals surface area contributed by atoms with Crippen LogP contribution in [0, 0.1) is 0 Å². The maximum absolute atomic E-state index is 6.19. The highest BCUT2D eigenvalue weighted by Crippen LogP contribution is 2.35. The third-order valence-electron chi connectivity index (χ3n) is 4.20. The Morgan fingerprint density at radius 1 is 1.15 bits per heavy atom. The van der Waals surface area contributed by atoms with Gasteiger partial charge in [0.15, 0.2) is 5.11 Å². The number of anilines is 1. The van der Waals surface area contributed by atoms with Gasteiger partial charge in [-0.2, -0.15) is 0 Å². The second kappa shape index (κ2) is 10.9. The van der Waals surface area contributed by atoms with E-state index in [1.54, 1.807) is 11.8 Å². The number of morpholine rings is 1. The number of thiocarbonyl (C=S) groups is 1. The van der Waals surface area contributed by atoms with Crippen LogP contribution in [0.5, 0.6) is 0 Å². The topological polar surface area (TPSA) is 36.5 Å². The number of nitrogens with zero attached hydrogens (tertiary/aromatic N) is 1. The number of ether oxygens (including phenoxy) is 1. The predicted molar refractivity (Wildman–Crippen MR) is 118 cm³/mol. The van der Waals surface area contributed by atoms with Gasteiger partial charge in [0.05, 0.1) is 18.9 Å². The fraction of sp³-hybridized carbons (Fsp3) is 0.350. The normalized spacial score (nSPS) is 14.7. The molecule has 0 aromatic heterocycles. The minimum Gasteiger partial charge on any atom is -0.379 e. The van der Waals surface area contributed by atoms with Gasteiger partial charge in [-0.3, -0.25) is 4.90 Å². The summed E-state index contributed by atoms with van der Waals surface area (Å²) in [5.74, 6) is 0. The third-order valence-corrected chi connectivity index (χ3v) is 5.77. The highest BCUT2D eigenvalue weighted by atomic mass is 35.5. The molecule has 0 saturated carbocycles. The molecule has 1 heterocycles. The molecule has 0 amide bonds. The van der Waals surface area contributed by atoms with Crippen molar-refractivity contribution in [3.8, 4) is 0 Å². The van der Waals surface area contributed by atoms with E-state index in [9.17, 15) is 0 Å². The summed E-state index contributed by atoms with van der Waals surface area (Å²) in [6.45, 7) is 5.61. The van der Waals surface area contributed by atoms with Gasteiger partial charge in [0, 0.05) is 34.4 Å². The van der Waals surface area contributed by atoms with E-state index in [0.29, 0.717) is 10.1 Å². The third kappa shape index (κ3) is 6.97. The molecular formula is C20H24ClN3OS2. The molecule has 0 atom stereocenters. The van der Waals surface area contributed by atoms with Gasteiger partial charge in [-0.15, -0.1) is 0 Å². The molecule has 2 N–H and O–H groups in total. The SMILES string of the molecule is S=C(NCCCN1CCOCC1)Nc1cc(Cl)ccc1Sc1ccccc1. The second-order valence-corrected chi connectivity index (χ2v) is 8.20. The molecule has 2 aromatic carbocycles. The van der Waals surface area contributed by atoms with Gasteiger partial charge in [0.2, 0.25) is 0 Å². The first-order chi connectivity index (χ1) is 13.2. The van der Waals surface area contributed by atoms with E-state index in [1.807, 2.05) is 36.4 Å². The van der Waals surface area contributed by atoms with Crippen LogP contribution < -0.4 is 10.6 Å². The predicted octanol–water partition coefficient (Wildman–Crippen LogP) is 4.50. The molecule has 0 aliphatic carbocycles. The van der Waals surface area contributed by atoms with Crippen LogP contribution in [0.25, 0.3) is 0 Å². The van der Waals surface area contributed by atoms with Crippen molar-refractivity contribution in [3.63, 3.8) is 0 Å². The van der Waals surface area contributed by atoms with Gasteiger partial charge in [0.25, 0.3) is 0 Å². The summed E-state index contributed by atoms with van der Waals surface area (Å²) in [5.41, 5.74) is 0.919. The summed E-state index contributed by atoms with van der Waals surface area (Å²) in [6.07, 6.45) is 1.04. The van der Waals surface area contributed by atoms with Crippen LogP contribution in [0.1, 0.15) is 6.42 Å². The molecule has 1 aliphatic rings. The van der Waals surface area contributed by atoms with Crippen LogP contribution in [0.3, 0.4) is 0 Å². The summed E-state index contributed by atoms with van der Waals surface area (Å²) in [4.78, 5) is 4.68. The second-order valence-electron chi connectivity index (χ2n) is 6.24. The standard InChI is InChI=1S/C20H24ClN3OS2/c21-16-7-8-19(27-17-5-2-1-3-6-17)18(15-16)23-20(26)22-9-4-10-24-11-13-25-14-12-24/h1-3,5-8,15H,4,9-14H2,(H2,22,23,26).